The highest BCUT2D eigenvalue weighted by atomic mass is 16.1. The van der Waals surface area contributed by atoms with Gasteiger partial charge in [-0.15, -0.1) is 0 Å². The minimum atomic E-state index is -0.465. The van der Waals surface area contributed by atoms with Crippen molar-refractivity contribution >= 4 is 22.6 Å². The van der Waals surface area contributed by atoms with E-state index in [9.17, 15) is 4.79 Å². The molecule has 0 spiro atoms. The van der Waals surface area contributed by atoms with Crippen molar-refractivity contribution in [2.45, 2.75) is 13.5 Å². The number of anilines is 1. The van der Waals surface area contributed by atoms with E-state index < -0.39 is 5.91 Å². The number of rotatable bonds is 5. The predicted molar refractivity (Wildman–Crippen MR) is 100 cm³/mol. The summed E-state index contributed by atoms with van der Waals surface area (Å²) in [6, 6.07) is 9.27. The zero-order valence-electron chi connectivity index (χ0n) is 14.2. The molecule has 1 amide bonds. The Morgan fingerprint density at radius 2 is 2.19 bits per heavy atom. The van der Waals surface area contributed by atoms with Crippen molar-refractivity contribution in [3.63, 3.8) is 0 Å². The number of nitrogens with zero attached hydrogens (tertiary/aromatic N) is 3. The Labute approximate surface area is 149 Å². The number of hydrogen-bond donors (Lipinski definition) is 3. The number of aryl methyl sites for hydroxylation is 1. The molecule has 0 fully saturated rings. The number of aromatic amines is 1. The van der Waals surface area contributed by atoms with Crippen LogP contribution in [0, 0.1) is 6.92 Å². The topological polar surface area (TPSA) is 102 Å². The molecule has 0 bridgehead atoms. The Bertz CT molecular complexity index is 1090. The van der Waals surface area contributed by atoms with Crippen molar-refractivity contribution in [3.8, 4) is 5.69 Å². The van der Waals surface area contributed by atoms with Crippen molar-refractivity contribution in [1.82, 2.24) is 19.7 Å². The normalized spacial score (nSPS) is 11.0. The second kappa shape index (κ2) is 6.36. The van der Waals surface area contributed by atoms with E-state index >= 15 is 0 Å². The smallest absolute Gasteiger partial charge is 0.248 e. The fourth-order valence-corrected chi connectivity index (χ4v) is 2.94. The van der Waals surface area contributed by atoms with Crippen LogP contribution in [0.15, 0.2) is 55.1 Å². The van der Waals surface area contributed by atoms with E-state index in [1.54, 1.807) is 29.2 Å². The molecule has 0 radical (unpaired) electrons. The van der Waals surface area contributed by atoms with Crippen LogP contribution in [0.1, 0.15) is 21.5 Å². The molecule has 7 nitrogen and oxygen atoms in total. The maximum absolute atomic E-state index is 11.6. The summed E-state index contributed by atoms with van der Waals surface area (Å²) in [7, 11) is 0. The van der Waals surface area contributed by atoms with Crippen LogP contribution < -0.4 is 11.1 Å². The van der Waals surface area contributed by atoms with Crippen LogP contribution in [0.25, 0.3) is 16.7 Å². The molecule has 4 rings (SSSR count). The van der Waals surface area contributed by atoms with Gasteiger partial charge in [0.2, 0.25) is 5.91 Å². The molecule has 3 heterocycles. The van der Waals surface area contributed by atoms with E-state index in [1.165, 1.54) is 0 Å². The summed E-state index contributed by atoms with van der Waals surface area (Å²) < 4.78 is 1.78. The molecule has 0 atom stereocenters. The van der Waals surface area contributed by atoms with E-state index in [1.807, 2.05) is 37.5 Å². The number of carbonyl (C=O) groups excluding carboxylic acids is 1. The molecule has 130 valence electrons. The van der Waals surface area contributed by atoms with Crippen LogP contribution in [-0.4, -0.2) is 25.7 Å². The Hall–Kier alpha value is -3.61. The van der Waals surface area contributed by atoms with Crippen molar-refractivity contribution in [1.29, 1.82) is 0 Å². The van der Waals surface area contributed by atoms with Crippen molar-refractivity contribution in [2.75, 3.05) is 5.32 Å². The number of aromatic nitrogens is 4. The molecule has 4 N–H and O–H groups in total. The number of carbonyl (C=O) groups is 1. The molecule has 0 aliphatic rings. The van der Waals surface area contributed by atoms with E-state index in [0.29, 0.717) is 12.1 Å². The zero-order chi connectivity index (χ0) is 18.1. The zero-order valence-corrected chi connectivity index (χ0v) is 14.2. The van der Waals surface area contributed by atoms with E-state index in [2.05, 4.69) is 20.4 Å². The lowest BCUT2D eigenvalue weighted by molar-refractivity contribution is 0.100. The Morgan fingerprint density at radius 3 is 2.96 bits per heavy atom. The standard InChI is InChI=1S/C19H18N6O/c1-12-9-24-25(11-12)17-3-2-13(18(20)26)8-16(17)23-10-14-4-6-21-19-15(14)5-7-22-19/h2-9,11,23H,10H2,1H3,(H2,20,26)(H,21,22). The predicted octanol–water partition coefficient (Wildman–Crippen LogP) is 2.77. The van der Waals surface area contributed by atoms with Gasteiger partial charge < -0.3 is 16.0 Å². The highest BCUT2D eigenvalue weighted by molar-refractivity contribution is 5.94. The van der Waals surface area contributed by atoms with Crippen LogP contribution in [0.4, 0.5) is 5.69 Å². The highest BCUT2D eigenvalue weighted by Gasteiger charge is 2.11. The second-order valence-corrected chi connectivity index (χ2v) is 6.12. The number of benzene rings is 1. The maximum atomic E-state index is 11.6. The second-order valence-electron chi connectivity index (χ2n) is 6.12. The molecule has 1 aromatic carbocycles. The van der Waals surface area contributed by atoms with E-state index in [4.69, 9.17) is 5.73 Å². The van der Waals surface area contributed by atoms with Gasteiger partial charge in [0.05, 0.1) is 17.6 Å². The first-order valence-corrected chi connectivity index (χ1v) is 8.22. The summed E-state index contributed by atoms with van der Waals surface area (Å²) in [4.78, 5) is 19.0. The number of nitrogens with two attached hydrogens (primary N) is 1. The van der Waals surface area contributed by atoms with Gasteiger partial charge in [0.25, 0.3) is 0 Å². The van der Waals surface area contributed by atoms with Gasteiger partial charge in [-0.05, 0) is 48.4 Å². The van der Waals surface area contributed by atoms with Crippen LogP contribution >= 0.6 is 0 Å². The minimum Gasteiger partial charge on any atom is -0.379 e. The van der Waals surface area contributed by atoms with Gasteiger partial charge >= 0.3 is 0 Å². The average Bonchev–Trinajstić information content (AvgIpc) is 3.28. The number of primary amides is 1. The number of H-pyrrole nitrogens is 1. The lowest BCUT2D eigenvalue weighted by Gasteiger charge is -2.14. The lowest BCUT2D eigenvalue weighted by Crippen LogP contribution is -2.13. The lowest BCUT2D eigenvalue weighted by atomic mass is 10.1. The van der Waals surface area contributed by atoms with Crippen LogP contribution in [0.3, 0.4) is 0 Å². The molecule has 3 aromatic heterocycles. The average molecular weight is 346 g/mol. The summed E-state index contributed by atoms with van der Waals surface area (Å²) in [5, 5.41) is 8.83. The molecular formula is C19H18N6O. The summed E-state index contributed by atoms with van der Waals surface area (Å²) in [5.74, 6) is -0.465. The first-order chi connectivity index (χ1) is 12.6. The quantitative estimate of drug-likeness (QED) is 0.517. The van der Waals surface area contributed by atoms with Gasteiger partial charge in [-0.25, -0.2) is 9.67 Å². The third-order valence-electron chi connectivity index (χ3n) is 4.26. The molecular weight excluding hydrogens is 328 g/mol. The molecule has 4 aromatic rings. The molecule has 26 heavy (non-hydrogen) atoms. The van der Waals surface area contributed by atoms with Crippen LogP contribution in [-0.2, 0) is 6.54 Å². The molecule has 0 unspecified atom stereocenters. The number of nitrogens with one attached hydrogen (secondary N) is 2. The number of amides is 1. The van der Waals surface area contributed by atoms with Gasteiger partial charge in [0.1, 0.15) is 5.65 Å². The van der Waals surface area contributed by atoms with Gasteiger partial charge in [0.15, 0.2) is 0 Å². The van der Waals surface area contributed by atoms with Crippen molar-refractivity contribution < 1.29 is 4.79 Å². The maximum Gasteiger partial charge on any atom is 0.248 e. The monoisotopic (exact) mass is 346 g/mol. The number of pyridine rings is 1. The molecule has 0 saturated carbocycles. The van der Waals surface area contributed by atoms with Crippen molar-refractivity contribution in [2.24, 2.45) is 5.73 Å². The highest BCUT2D eigenvalue weighted by Crippen LogP contribution is 2.24. The summed E-state index contributed by atoms with van der Waals surface area (Å²) in [6.07, 6.45) is 7.36. The van der Waals surface area contributed by atoms with E-state index in [-0.39, 0.29) is 0 Å². The SMILES string of the molecule is Cc1cnn(-c2ccc(C(N)=O)cc2NCc2ccnc3[nH]ccc23)c1. The summed E-state index contributed by atoms with van der Waals surface area (Å²) >= 11 is 0. The Morgan fingerprint density at radius 1 is 1.31 bits per heavy atom. The first kappa shape index (κ1) is 15.9. The van der Waals surface area contributed by atoms with Gasteiger partial charge in [-0.2, -0.15) is 5.10 Å². The fraction of sp³-hybridized carbons (Fsp3) is 0.105. The van der Waals surface area contributed by atoms with Crippen LogP contribution in [0.5, 0.6) is 0 Å². The Kier molecular flexibility index (Phi) is 3.89. The van der Waals surface area contributed by atoms with E-state index in [0.717, 1.165) is 33.5 Å². The summed E-state index contributed by atoms with van der Waals surface area (Å²) in [6.45, 7) is 2.56. The Balaban J connectivity index is 1.70. The number of fused-ring (bicyclic) bond motifs is 1. The third kappa shape index (κ3) is 2.90. The molecule has 0 saturated heterocycles. The fourth-order valence-electron chi connectivity index (χ4n) is 2.94. The third-order valence-corrected chi connectivity index (χ3v) is 4.26. The molecule has 0 aliphatic carbocycles. The van der Waals surface area contributed by atoms with Gasteiger partial charge in [-0.1, -0.05) is 0 Å². The largest absolute Gasteiger partial charge is 0.379 e. The van der Waals surface area contributed by atoms with Crippen molar-refractivity contribution in [3.05, 3.63) is 71.8 Å². The summed E-state index contributed by atoms with van der Waals surface area (Å²) in [5.41, 5.74) is 10.5. The van der Waals surface area contributed by atoms with Gasteiger partial charge in [-0.3, -0.25) is 4.79 Å². The molecule has 0 aliphatic heterocycles. The number of hydrogen-bond acceptors (Lipinski definition) is 4. The van der Waals surface area contributed by atoms with Gasteiger partial charge in [0, 0.05) is 36.1 Å². The molecule has 7 heteroatoms. The first-order valence-electron chi connectivity index (χ1n) is 8.22. The minimum absolute atomic E-state index is 0.446. The van der Waals surface area contributed by atoms with Crippen LogP contribution in [0.2, 0.25) is 0 Å².